The minimum Gasteiger partial charge on any atom is -0.481 e. The normalized spacial score (nSPS) is 22.5. The molecular formula is C13H22N2O4. The van der Waals surface area contributed by atoms with E-state index in [1.165, 1.54) is 0 Å². The first kappa shape index (κ1) is 15.5. The minimum atomic E-state index is -0.734. The summed E-state index contributed by atoms with van der Waals surface area (Å²) in [4.78, 5) is 22.3. The highest BCUT2D eigenvalue weighted by Gasteiger charge is 2.26. The van der Waals surface area contributed by atoms with Crippen molar-refractivity contribution in [3.8, 4) is 0 Å². The maximum absolute atomic E-state index is 11.5. The van der Waals surface area contributed by atoms with Crippen molar-refractivity contribution < 1.29 is 19.4 Å². The van der Waals surface area contributed by atoms with E-state index < -0.39 is 5.97 Å². The van der Waals surface area contributed by atoms with E-state index >= 15 is 0 Å². The number of carboxylic acids is 1. The molecular weight excluding hydrogens is 248 g/mol. The standard InChI is InChI=1S/C13H22N2O4/c1-2-8-19-9-7-14-13(18)15-11-5-3-10(4-6-11)12(16)17/h2,10-11H,1,3-9H2,(H,16,17)(H2,14,15,18). The molecule has 6 heteroatoms. The summed E-state index contributed by atoms with van der Waals surface area (Å²) in [6.07, 6.45) is 4.35. The lowest BCUT2D eigenvalue weighted by atomic mass is 9.86. The number of hydrogen-bond donors (Lipinski definition) is 3. The maximum atomic E-state index is 11.5. The second-order valence-electron chi connectivity index (χ2n) is 4.65. The Kier molecular flexibility index (Phi) is 6.95. The van der Waals surface area contributed by atoms with Crippen LogP contribution in [0.2, 0.25) is 0 Å². The Bertz CT molecular complexity index is 312. The van der Waals surface area contributed by atoms with Crippen LogP contribution >= 0.6 is 0 Å². The first-order valence-corrected chi connectivity index (χ1v) is 6.59. The van der Waals surface area contributed by atoms with Crippen molar-refractivity contribution in [3.63, 3.8) is 0 Å². The van der Waals surface area contributed by atoms with E-state index in [0.717, 1.165) is 12.8 Å². The van der Waals surface area contributed by atoms with Gasteiger partial charge in [0.25, 0.3) is 0 Å². The molecule has 19 heavy (non-hydrogen) atoms. The number of carbonyl (C=O) groups excluding carboxylic acids is 1. The first-order chi connectivity index (χ1) is 9.13. The average molecular weight is 270 g/mol. The second-order valence-corrected chi connectivity index (χ2v) is 4.65. The van der Waals surface area contributed by atoms with Crippen molar-refractivity contribution >= 4 is 12.0 Å². The lowest BCUT2D eigenvalue weighted by molar-refractivity contribution is -0.142. The molecule has 1 aliphatic rings. The van der Waals surface area contributed by atoms with Gasteiger partial charge >= 0.3 is 12.0 Å². The summed E-state index contributed by atoms with van der Waals surface area (Å²) < 4.78 is 5.14. The number of carbonyl (C=O) groups is 2. The molecule has 1 saturated carbocycles. The summed E-state index contributed by atoms with van der Waals surface area (Å²) in [7, 11) is 0. The number of carboxylic acid groups (broad SMARTS) is 1. The third-order valence-corrected chi connectivity index (χ3v) is 3.18. The predicted molar refractivity (Wildman–Crippen MR) is 70.9 cm³/mol. The van der Waals surface area contributed by atoms with Crippen molar-refractivity contribution in [2.45, 2.75) is 31.7 Å². The zero-order valence-corrected chi connectivity index (χ0v) is 11.1. The monoisotopic (exact) mass is 270 g/mol. The van der Waals surface area contributed by atoms with Gasteiger partial charge < -0.3 is 20.5 Å². The van der Waals surface area contributed by atoms with E-state index in [1.54, 1.807) is 6.08 Å². The molecule has 1 rings (SSSR count). The van der Waals surface area contributed by atoms with E-state index in [4.69, 9.17) is 9.84 Å². The van der Waals surface area contributed by atoms with Gasteiger partial charge in [-0.05, 0) is 25.7 Å². The Labute approximate surface area is 113 Å². The Morgan fingerprint density at radius 1 is 1.32 bits per heavy atom. The molecule has 0 saturated heterocycles. The SMILES string of the molecule is C=CCOCCNC(=O)NC1CCC(C(=O)O)CC1. The summed E-state index contributed by atoms with van der Waals surface area (Å²) >= 11 is 0. The smallest absolute Gasteiger partial charge is 0.315 e. The second kappa shape index (κ2) is 8.53. The van der Waals surface area contributed by atoms with Gasteiger partial charge in [-0.3, -0.25) is 4.79 Å². The maximum Gasteiger partial charge on any atom is 0.315 e. The van der Waals surface area contributed by atoms with Crippen molar-refractivity contribution in [1.82, 2.24) is 10.6 Å². The van der Waals surface area contributed by atoms with Crippen LogP contribution in [0.25, 0.3) is 0 Å². The molecule has 0 bridgehead atoms. The van der Waals surface area contributed by atoms with Gasteiger partial charge in [-0.1, -0.05) is 6.08 Å². The number of rotatable bonds is 7. The Morgan fingerprint density at radius 2 is 2.00 bits per heavy atom. The van der Waals surface area contributed by atoms with Crippen LogP contribution < -0.4 is 10.6 Å². The first-order valence-electron chi connectivity index (χ1n) is 6.59. The molecule has 0 heterocycles. The van der Waals surface area contributed by atoms with Gasteiger partial charge in [0.1, 0.15) is 0 Å². The van der Waals surface area contributed by atoms with Crippen molar-refractivity contribution in [2.24, 2.45) is 5.92 Å². The lowest BCUT2D eigenvalue weighted by Crippen LogP contribution is -2.45. The third-order valence-electron chi connectivity index (χ3n) is 3.18. The zero-order valence-electron chi connectivity index (χ0n) is 11.1. The molecule has 1 aliphatic carbocycles. The van der Waals surface area contributed by atoms with Crippen molar-refractivity contribution in [2.75, 3.05) is 19.8 Å². The van der Waals surface area contributed by atoms with Crippen LogP contribution in [0.5, 0.6) is 0 Å². The summed E-state index contributed by atoms with van der Waals surface area (Å²) in [5.74, 6) is -0.990. The predicted octanol–water partition coefficient (Wildman–Crippen LogP) is 1.13. The summed E-state index contributed by atoms with van der Waals surface area (Å²) in [5.41, 5.74) is 0. The molecule has 3 N–H and O–H groups in total. The van der Waals surface area contributed by atoms with Crippen LogP contribution in [-0.2, 0) is 9.53 Å². The van der Waals surface area contributed by atoms with Gasteiger partial charge in [0.15, 0.2) is 0 Å². The Balaban J connectivity index is 2.09. The van der Waals surface area contributed by atoms with Crippen LogP contribution in [0.15, 0.2) is 12.7 Å². The van der Waals surface area contributed by atoms with Crippen LogP contribution in [0.3, 0.4) is 0 Å². The van der Waals surface area contributed by atoms with E-state index in [-0.39, 0.29) is 18.0 Å². The topological polar surface area (TPSA) is 87.7 Å². The highest BCUT2D eigenvalue weighted by atomic mass is 16.5. The molecule has 0 atom stereocenters. The molecule has 0 radical (unpaired) electrons. The molecule has 0 aromatic rings. The number of urea groups is 1. The van der Waals surface area contributed by atoms with Gasteiger partial charge in [0, 0.05) is 12.6 Å². The van der Waals surface area contributed by atoms with Crippen LogP contribution in [0.1, 0.15) is 25.7 Å². The van der Waals surface area contributed by atoms with E-state index in [9.17, 15) is 9.59 Å². The zero-order chi connectivity index (χ0) is 14.1. The summed E-state index contributed by atoms with van der Waals surface area (Å²) in [5, 5.41) is 14.4. The summed E-state index contributed by atoms with van der Waals surface area (Å²) in [6.45, 7) is 4.90. The van der Waals surface area contributed by atoms with E-state index in [0.29, 0.717) is 32.6 Å². The number of amides is 2. The Hall–Kier alpha value is -1.56. The largest absolute Gasteiger partial charge is 0.481 e. The number of hydrogen-bond acceptors (Lipinski definition) is 3. The minimum absolute atomic E-state index is 0.0738. The highest BCUT2D eigenvalue weighted by Crippen LogP contribution is 2.24. The fraction of sp³-hybridized carbons (Fsp3) is 0.692. The van der Waals surface area contributed by atoms with Crippen LogP contribution in [0.4, 0.5) is 4.79 Å². The van der Waals surface area contributed by atoms with Gasteiger partial charge in [-0.15, -0.1) is 6.58 Å². The summed E-state index contributed by atoms with van der Waals surface area (Å²) in [6, 6.07) is -0.148. The number of aliphatic carboxylic acids is 1. The van der Waals surface area contributed by atoms with Crippen LogP contribution in [-0.4, -0.2) is 42.9 Å². The molecule has 0 spiro atoms. The molecule has 108 valence electrons. The van der Waals surface area contributed by atoms with E-state index in [2.05, 4.69) is 17.2 Å². The molecule has 1 fully saturated rings. The fourth-order valence-corrected chi connectivity index (χ4v) is 2.12. The van der Waals surface area contributed by atoms with E-state index in [1.807, 2.05) is 0 Å². The molecule has 0 aromatic heterocycles. The quantitative estimate of drug-likeness (QED) is 0.478. The molecule has 0 aromatic carbocycles. The Morgan fingerprint density at radius 3 is 2.58 bits per heavy atom. The molecule has 2 amide bonds. The molecule has 6 nitrogen and oxygen atoms in total. The van der Waals surface area contributed by atoms with Gasteiger partial charge in [-0.2, -0.15) is 0 Å². The molecule has 0 unspecified atom stereocenters. The third kappa shape index (κ3) is 6.24. The molecule has 0 aliphatic heterocycles. The van der Waals surface area contributed by atoms with Gasteiger partial charge in [0.2, 0.25) is 0 Å². The van der Waals surface area contributed by atoms with Gasteiger partial charge in [-0.25, -0.2) is 4.79 Å². The number of nitrogens with one attached hydrogen (secondary N) is 2. The van der Waals surface area contributed by atoms with Crippen LogP contribution in [0, 0.1) is 5.92 Å². The number of ether oxygens (including phenoxy) is 1. The lowest BCUT2D eigenvalue weighted by Gasteiger charge is -2.26. The average Bonchev–Trinajstić information content (AvgIpc) is 2.39. The fourth-order valence-electron chi connectivity index (χ4n) is 2.12. The highest BCUT2D eigenvalue weighted by molar-refractivity contribution is 5.74. The van der Waals surface area contributed by atoms with Crippen molar-refractivity contribution in [3.05, 3.63) is 12.7 Å². The van der Waals surface area contributed by atoms with Gasteiger partial charge in [0.05, 0.1) is 19.1 Å². The van der Waals surface area contributed by atoms with Crippen molar-refractivity contribution in [1.29, 1.82) is 0 Å².